The predicted octanol–water partition coefficient (Wildman–Crippen LogP) is 3.43. The standard InChI is InChI=1S/C17H20O3/c1-3-8-15(4-2)14-20-17(18)11-12-19-13-16-9-6-5-7-10-16/h3-10H,1-2,11-14H2/b15-8+. The van der Waals surface area contributed by atoms with Crippen LogP contribution < -0.4 is 0 Å². The van der Waals surface area contributed by atoms with Crippen molar-refractivity contribution in [2.75, 3.05) is 13.2 Å². The second-order valence-corrected chi connectivity index (χ2v) is 4.13. The fourth-order valence-electron chi connectivity index (χ4n) is 1.48. The van der Waals surface area contributed by atoms with E-state index in [1.165, 1.54) is 0 Å². The molecule has 1 aromatic carbocycles. The molecule has 0 atom stereocenters. The van der Waals surface area contributed by atoms with Crippen molar-refractivity contribution in [2.45, 2.75) is 13.0 Å². The molecule has 1 aromatic rings. The van der Waals surface area contributed by atoms with Gasteiger partial charge in [-0.3, -0.25) is 4.79 Å². The number of benzene rings is 1. The number of hydrogen-bond acceptors (Lipinski definition) is 3. The molecule has 0 radical (unpaired) electrons. The Morgan fingerprint density at radius 2 is 1.95 bits per heavy atom. The molecule has 0 fully saturated rings. The normalized spacial score (nSPS) is 10.9. The van der Waals surface area contributed by atoms with Crippen LogP contribution in [0.2, 0.25) is 0 Å². The zero-order valence-corrected chi connectivity index (χ0v) is 11.6. The van der Waals surface area contributed by atoms with E-state index in [1.807, 2.05) is 30.3 Å². The third-order valence-corrected chi connectivity index (χ3v) is 2.56. The summed E-state index contributed by atoms with van der Waals surface area (Å²) in [4.78, 5) is 11.5. The van der Waals surface area contributed by atoms with Crippen molar-refractivity contribution in [1.82, 2.24) is 0 Å². The van der Waals surface area contributed by atoms with Crippen LogP contribution in [0.15, 0.2) is 67.3 Å². The topological polar surface area (TPSA) is 35.5 Å². The van der Waals surface area contributed by atoms with Crippen LogP contribution in [0, 0.1) is 0 Å². The van der Waals surface area contributed by atoms with Crippen LogP contribution >= 0.6 is 0 Å². The Balaban J connectivity index is 2.16. The minimum absolute atomic E-state index is 0.215. The van der Waals surface area contributed by atoms with Crippen LogP contribution in [0.4, 0.5) is 0 Å². The number of ether oxygens (including phenoxy) is 2. The van der Waals surface area contributed by atoms with Gasteiger partial charge in [-0.25, -0.2) is 0 Å². The fourth-order valence-corrected chi connectivity index (χ4v) is 1.48. The van der Waals surface area contributed by atoms with Crippen molar-refractivity contribution in [3.05, 3.63) is 72.9 Å². The first-order valence-electron chi connectivity index (χ1n) is 6.47. The summed E-state index contributed by atoms with van der Waals surface area (Å²) < 4.78 is 10.5. The van der Waals surface area contributed by atoms with Gasteiger partial charge in [0.05, 0.1) is 19.6 Å². The van der Waals surface area contributed by atoms with Gasteiger partial charge in [-0.1, -0.05) is 61.7 Å². The Morgan fingerprint density at radius 3 is 2.60 bits per heavy atom. The van der Waals surface area contributed by atoms with Crippen LogP contribution in [0.5, 0.6) is 0 Å². The maximum absolute atomic E-state index is 11.5. The molecule has 3 heteroatoms. The molecule has 0 aromatic heterocycles. The van der Waals surface area contributed by atoms with Gasteiger partial charge in [0.25, 0.3) is 0 Å². The maximum atomic E-state index is 11.5. The molecule has 0 amide bonds. The van der Waals surface area contributed by atoms with Crippen LogP contribution in [-0.4, -0.2) is 19.2 Å². The molecule has 0 heterocycles. The van der Waals surface area contributed by atoms with E-state index in [4.69, 9.17) is 9.47 Å². The van der Waals surface area contributed by atoms with Crippen molar-refractivity contribution in [3.63, 3.8) is 0 Å². The molecule has 0 N–H and O–H groups in total. The van der Waals surface area contributed by atoms with E-state index < -0.39 is 0 Å². The van der Waals surface area contributed by atoms with Crippen molar-refractivity contribution in [2.24, 2.45) is 0 Å². The van der Waals surface area contributed by atoms with Gasteiger partial charge in [0.1, 0.15) is 6.61 Å². The molecular formula is C17H20O3. The highest BCUT2D eigenvalue weighted by Crippen LogP contribution is 2.02. The third-order valence-electron chi connectivity index (χ3n) is 2.56. The molecule has 0 saturated heterocycles. The van der Waals surface area contributed by atoms with Crippen LogP contribution in [-0.2, 0) is 20.9 Å². The molecule has 0 spiro atoms. The lowest BCUT2D eigenvalue weighted by molar-refractivity contribution is -0.143. The lowest BCUT2D eigenvalue weighted by atomic mass is 10.2. The van der Waals surface area contributed by atoms with Gasteiger partial charge in [0.2, 0.25) is 0 Å². The van der Waals surface area contributed by atoms with Crippen LogP contribution in [0.25, 0.3) is 0 Å². The summed E-state index contributed by atoms with van der Waals surface area (Å²) in [7, 11) is 0. The van der Waals surface area contributed by atoms with Crippen molar-refractivity contribution in [1.29, 1.82) is 0 Å². The summed E-state index contributed by atoms with van der Waals surface area (Å²) in [6.45, 7) is 8.28. The number of carbonyl (C=O) groups excluding carboxylic acids is 1. The molecule has 0 aliphatic rings. The summed E-state index contributed by atoms with van der Waals surface area (Å²) in [5, 5.41) is 0. The summed E-state index contributed by atoms with van der Waals surface area (Å²) in [6.07, 6.45) is 5.27. The Kier molecular flexibility index (Phi) is 7.77. The predicted molar refractivity (Wildman–Crippen MR) is 80.2 cm³/mol. The largest absolute Gasteiger partial charge is 0.461 e. The van der Waals surface area contributed by atoms with E-state index in [9.17, 15) is 4.79 Å². The van der Waals surface area contributed by atoms with Gasteiger partial charge in [-0.2, -0.15) is 0 Å². The van der Waals surface area contributed by atoms with E-state index in [0.717, 1.165) is 11.1 Å². The smallest absolute Gasteiger partial charge is 0.308 e. The molecule has 20 heavy (non-hydrogen) atoms. The molecule has 0 saturated carbocycles. The minimum Gasteiger partial charge on any atom is -0.461 e. The highest BCUT2D eigenvalue weighted by molar-refractivity contribution is 5.69. The van der Waals surface area contributed by atoms with E-state index in [-0.39, 0.29) is 19.0 Å². The van der Waals surface area contributed by atoms with Crippen LogP contribution in [0.1, 0.15) is 12.0 Å². The number of rotatable bonds is 9. The van der Waals surface area contributed by atoms with E-state index in [2.05, 4.69) is 13.2 Å². The monoisotopic (exact) mass is 272 g/mol. The Bertz CT molecular complexity index is 460. The molecule has 3 nitrogen and oxygen atoms in total. The minimum atomic E-state index is -0.283. The third kappa shape index (κ3) is 6.71. The van der Waals surface area contributed by atoms with E-state index in [0.29, 0.717) is 13.2 Å². The maximum Gasteiger partial charge on any atom is 0.308 e. The van der Waals surface area contributed by atoms with Gasteiger partial charge >= 0.3 is 5.97 Å². The lowest BCUT2D eigenvalue weighted by Gasteiger charge is -2.06. The molecule has 0 bridgehead atoms. The first-order chi connectivity index (χ1) is 9.76. The van der Waals surface area contributed by atoms with Gasteiger partial charge in [0.15, 0.2) is 0 Å². The van der Waals surface area contributed by atoms with Gasteiger partial charge in [-0.15, -0.1) is 0 Å². The van der Waals surface area contributed by atoms with Gasteiger partial charge < -0.3 is 9.47 Å². The number of hydrogen-bond donors (Lipinski definition) is 0. The molecule has 0 aliphatic heterocycles. The fraction of sp³-hybridized carbons (Fsp3) is 0.235. The Morgan fingerprint density at radius 1 is 1.20 bits per heavy atom. The summed E-state index contributed by atoms with van der Waals surface area (Å²) in [6, 6.07) is 9.82. The van der Waals surface area contributed by atoms with Crippen molar-refractivity contribution < 1.29 is 14.3 Å². The zero-order valence-electron chi connectivity index (χ0n) is 11.6. The molecule has 0 aliphatic carbocycles. The van der Waals surface area contributed by atoms with Crippen molar-refractivity contribution >= 4 is 5.97 Å². The summed E-state index contributed by atoms with van der Waals surface area (Å²) in [5.74, 6) is -0.283. The highest BCUT2D eigenvalue weighted by Gasteiger charge is 2.03. The Hall–Kier alpha value is -2.13. The van der Waals surface area contributed by atoms with Crippen LogP contribution in [0.3, 0.4) is 0 Å². The first-order valence-corrected chi connectivity index (χ1v) is 6.47. The highest BCUT2D eigenvalue weighted by atomic mass is 16.5. The van der Waals surface area contributed by atoms with E-state index in [1.54, 1.807) is 18.2 Å². The molecule has 0 unspecified atom stereocenters. The second kappa shape index (κ2) is 9.75. The summed E-state index contributed by atoms with van der Waals surface area (Å²) >= 11 is 0. The number of esters is 1. The summed E-state index contributed by atoms with van der Waals surface area (Å²) in [5.41, 5.74) is 1.90. The van der Waals surface area contributed by atoms with Crippen molar-refractivity contribution in [3.8, 4) is 0 Å². The second-order valence-electron chi connectivity index (χ2n) is 4.13. The lowest BCUT2D eigenvalue weighted by Crippen LogP contribution is -2.10. The Labute approximate surface area is 120 Å². The first kappa shape index (κ1) is 15.9. The van der Waals surface area contributed by atoms with Gasteiger partial charge in [0, 0.05) is 0 Å². The SMILES string of the molecule is C=C/C=C(\C=C)COC(=O)CCOCc1ccccc1. The van der Waals surface area contributed by atoms with Gasteiger partial charge in [-0.05, 0) is 11.1 Å². The molecule has 1 rings (SSSR count). The molecule has 106 valence electrons. The average Bonchev–Trinajstić information content (AvgIpc) is 2.49. The van der Waals surface area contributed by atoms with E-state index >= 15 is 0 Å². The quantitative estimate of drug-likeness (QED) is 0.392. The average molecular weight is 272 g/mol. The number of carbonyl (C=O) groups is 1. The zero-order chi connectivity index (χ0) is 14.6. The number of allylic oxidation sites excluding steroid dienone is 2. The molecular weight excluding hydrogens is 252 g/mol.